The Hall–Kier alpha value is -3.51. The highest BCUT2D eigenvalue weighted by Gasteiger charge is 2.34. The van der Waals surface area contributed by atoms with Gasteiger partial charge >= 0.3 is 0 Å². The summed E-state index contributed by atoms with van der Waals surface area (Å²) in [4.78, 5) is 39.5. The number of imide groups is 1. The first-order chi connectivity index (χ1) is 14.0. The van der Waals surface area contributed by atoms with Gasteiger partial charge in [-0.25, -0.2) is 0 Å². The van der Waals surface area contributed by atoms with Crippen molar-refractivity contribution in [2.45, 2.75) is 6.42 Å². The number of rotatable bonds is 5. The van der Waals surface area contributed by atoms with Gasteiger partial charge in [0.05, 0.1) is 0 Å². The fourth-order valence-corrected chi connectivity index (χ4v) is 4.24. The molecule has 1 aliphatic rings. The number of amides is 2. The maximum absolute atomic E-state index is 13.0. The second-order valence-corrected chi connectivity index (χ2v) is 7.67. The molecule has 2 aromatic carbocycles. The zero-order chi connectivity index (χ0) is 20.4. The van der Waals surface area contributed by atoms with E-state index in [1.807, 2.05) is 42.5 Å². The van der Waals surface area contributed by atoms with E-state index in [9.17, 15) is 19.5 Å². The monoisotopic (exact) mass is 402 g/mol. The molecule has 3 aromatic rings. The Morgan fingerprint density at radius 1 is 0.897 bits per heavy atom. The lowest BCUT2D eigenvalue weighted by molar-refractivity contribution is -0.305. The van der Waals surface area contributed by atoms with E-state index in [1.54, 1.807) is 41.7 Å². The molecule has 0 unspecified atom stereocenters. The molecular weight excluding hydrogens is 386 g/mol. The SMILES string of the molecule is O=C([O-])CCN1C(=O)C(=Cc2ccc(-c3ccccc3)s2)c2ccccc2C1=O. The number of benzene rings is 2. The molecule has 4 rings (SSSR count). The summed E-state index contributed by atoms with van der Waals surface area (Å²) in [6, 6.07) is 20.7. The zero-order valence-electron chi connectivity index (χ0n) is 15.3. The van der Waals surface area contributed by atoms with Crippen molar-refractivity contribution >= 4 is 40.8 Å². The van der Waals surface area contributed by atoms with Gasteiger partial charge in [-0.2, -0.15) is 0 Å². The molecule has 0 spiro atoms. The molecule has 0 bridgehead atoms. The molecule has 2 heterocycles. The molecule has 0 atom stereocenters. The summed E-state index contributed by atoms with van der Waals surface area (Å²) >= 11 is 1.54. The first-order valence-corrected chi connectivity index (χ1v) is 9.88. The summed E-state index contributed by atoms with van der Waals surface area (Å²) in [7, 11) is 0. The van der Waals surface area contributed by atoms with Crippen molar-refractivity contribution in [1.82, 2.24) is 4.90 Å². The Labute approximate surface area is 171 Å². The summed E-state index contributed by atoms with van der Waals surface area (Å²) < 4.78 is 0. The second-order valence-electron chi connectivity index (χ2n) is 6.56. The molecule has 0 saturated carbocycles. The highest BCUT2D eigenvalue weighted by Crippen LogP contribution is 2.34. The summed E-state index contributed by atoms with van der Waals surface area (Å²) in [5.74, 6) is -2.29. The molecule has 29 heavy (non-hydrogen) atoms. The van der Waals surface area contributed by atoms with Gasteiger partial charge in [0, 0.05) is 39.8 Å². The van der Waals surface area contributed by atoms with E-state index in [2.05, 4.69) is 0 Å². The minimum Gasteiger partial charge on any atom is -0.550 e. The maximum atomic E-state index is 13.0. The number of carboxylic acids is 1. The topological polar surface area (TPSA) is 77.5 Å². The van der Waals surface area contributed by atoms with Crippen molar-refractivity contribution in [3.05, 3.63) is 82.7 Å². The number of thiophene rings is 1. The average Bonchev–Trinajstić information content (AvgIpc) is 3.20. The summed E-state index contributed by atoms with van der Waals surface area (Å²) in [5, 5.41) is 10.8. The fraction of sp³-hybridized carbons (Fsp3) is 0.0870. The largest absolute Gasteiger partial charge is 0.550 e. The molecule has 0 aliphatic carbocycles. The molecule has 5 nitrogen and oxygen atoms in total. The Bertz CT molecular complexity index is 1130. The third-order valence-corrected chi connectivity index (χ3v) is 5.76. The lowest BCUT2D eigenvalue weighted by Crippen LogP contribution is -2.43. The van der Waals surface area contributed by atoms with Gasteiger partial charge in [-0.05, 0) is 35.4 Å². The minimum atomic E-state index is -1.30. The van der Waals surface area contributed by atoms with Gasteiger partial charge in [-0.15, -0.1) is 11.3 Å². The van der Waals surface area contributed by atoms with Crippen LogP contribution in [0.2, 0.25) is 0 Å². The van der Waals surface area contributed by atoms with Crippen LogP contribution in [-0.2, 0) is 9.59 Å². The molecule has 2 amide bonds. The van der Waals surface area contributed by atoms with Gasteiger partial charge in [-0.1, -0.05) is 48.5 Å². The van der Waals surface area contributed by atoms with E-state index in [4.69, 9.17) is 0 Å². The third-order valence-electron chi connectivity index (χ3n) is 4.68. The van der Waals surface area contributed by atoms with E-state index >= 15 is 0 Å². The Morgan fingerprint density at radius 3 is 2.31 bits per heavy atom. The maximum Gasteiger partial charge on any atom is 0.261 e. The van der Waals surface area contributed by atoms with Crippen LogP contribution in [0.15, 0.2) is 66.7 Å². The highest BCUT2D eigenvalue weighted by atomic mass is 32.1. The van der Waals surface area contributed by atoms with E-state index in [0.29, 0.717) is 16.7 Å². The van der Waals surface area contributed by atoms with Crippen molar-refractivity contribution in [2.24, 2.45) is 0 Å². The van der Waals surface area contributed by atoms with Crippen LogP contribution in [0.25, 0.3) is 22.1 Å². The van der Waals surface area contributed by atoms with Gasteiger partial charge in [0.1, 0.15) is 0 Å². The highest BCUT2D eigenvalue weighted by molar-refractivity contribution is 7.16. The molecule has 0 radical (unpaired) electrons. The predicted octanol–water partition coefficient (Wildman–Crippen LogP) is 3.08. The number of hydrogen-bond acceptors (Lipinski definition) is 5. The molecule has 144 valence electrons. The first-order valence-electron chi connectivity index (χ1n) is 9.07. The first kappa shape index (κ1) is 18.8. The van der Waals surface area contributed by atoms with Gasteiger partial charge < -0.3 is 9.90 Å². The standard InChI is InChI=1S/C23H17NO4S/c25-21(26)12-13-24-22(27)18-9-5-4-8-17(18)19(23(24)28)14-16-10-11-20(29-16)15-6-2-1-3-7-15/h1-11,14H,12-13H2,(H,25,26)/p-1. The van der Waals surface area contributed by atoms with E-state index in [0.717, 1.165) is 20.2 Å². The number of fused-ring (bicyclic) bond motifs is 1. The predicted molar refractivity (Wildman–Crippen MR) is 110 cm³/mol. The van der Waals surface area contributed by atoms with Crippen LogP contribution in [0, 0.1) is 0 Å². The van der Waals surface area contributed by atoms with E-state index in [-0.39, 0.29) is 6.54 Å². The molecule has 1 aromatic heterocycles. The molecule has 0 fully saturated rings. The number of carbonyl (C=O) groups is 3. The lowest BCUT2D eigenvalue weighted by atomic mass is 9.93. The quantitative estimate of drug-likeness (QED) is 0.485. The summed E-state index contributed by atoms with van der Waals surface area (Å²) in [6.07, 6.45) is 1.36. The van der Waals surface area contributed by atoms with Gasteiger partial charge in [0.25, 0.3) is 11.8 Å². The van der Waals surface area contributed by atoms with E-state index in [1.165, 1.54) is 0 Å². The van der Waals surface area contributed by atoms with Crippen molar-refractivity contribution in [1.29, 1.82) is 0 Å². The molecule has 0 saturated heterocycles. The molecular formula is C23H16NO4S-. The molecule has 6 heteroatoms. The van der Waals surface area contributed by atoms with Crippen LogP contribution in [-0.4, -0.2) is 29.2 Å². The third kappa shape index (κ3) is 3.75. The summed E-state index contributed by atoms with van der Waals surface area (Å²) in [6.45, 7) is -0.217. The van der Waals surface area contributed by atoms with Crippen LogP contribution < -0.4 is 5.11 Å². The Balaban J connectivity index is 1.74. The Kier molecular flexibility index (Phi) is 5.10. The van der Waals surface area contributed by atoms with Crippen LogP contribution >= 0.6 is 11.3 Å². The average molecular weight is 402 g/mol. The van der Waals surface area contributed by atoms with Crippen molar-refractivity contribution in [2.75, 3.05) is 6.54 Å². The molecule has 0 N–H and O–H groups in total. The van der Waals surface area contributed by atoms with Crippen molar-refractivity contribution in [3.8, 4) is 10.4 Å². The van der Waals surface area contributed by atoms with Crippen molar-refractivity contribution < 1.29 is 19.5 Å². The van der Waals surface area contributed by atoms with E-state index < -0.39 is 24.2 Å². The number of carbonyl (C=O) groups excluding carboxylic acids is 3. The molecule has 1 aliphatic heterocycles. The van der Waals surface area contributed by atoms with Crippen LogP contribution in [0.5, 0.6) is 0 Å². The lowest BCUT2D eigenvalue weighted by Gasteiger charge is -2.28. The number of hydrogen-bond donors (Lipinski definition) is 0. The fourth-order valence-electron chi connectivity index (χ4n) is 3.28. The second kappa shape index (κ2) is 7.85. The Morgan fingerprint density at radius 2 is 1.59 bits per heavy atom. The van der Waals surface area contributed by atoms with Crippen LogP contribution in [0.4, 0.5) is 0 Å². The summed E-state index contributed by atoms with van der Waals surface area (Å²) in [5.41, 5.74) is 2.40. The minimum absolute atomic E-state index is 0.217. The van der Waals surface area contributed by atoms with Gasteiger partial charge in [-0.3, -0.25) is 14.5 Å². The van der Waals surface area contributed by atoms with Crippen LogP contribution in [0.3, 0.4) is 0 Å². The zero-order valence-corrected chi connectivity index (χ0v) is 16.1. The van der Waals surface area contributed by atoms with Crippen LogP contribution in [0.1, 0.15) is 27.2 Å². The van der Waals surface area contributed by atoms with Crippen molar-refractivity contribution in [3.63, 3.8) is 0 Å². The number of aliphatic carboxylic acids is 1. The number of carboxylic acid groups (broad SMARTS) is 1. The van der Waals surface area contributed by atoms with Gasteiger partial charge in [0.2, 0.25) is 0 Å². The smallest absolute Gasteiger partial charge is 0.261 e. The van der Waals surface area contributed by atoms with Gasteiger partial charge in [0.15, 0.2) is 0 Å². The normalized spacial score (nSPS) is 14.9. The number of nitrogens with zero attached hydrogens (tertiary/aromatic N) is 1.